The van der Waals surface area contributed by atoms with E-state index in [2.05, 4.69) is 46.5 Å². The van der Waals surface area contributed by atoms with Gasteiger partial charge in [-0.1, -0.05) is 26.3 Å². The van der Waals surface area contributed by atoms with Crippen molar-refractivity contribution in [2.45, 2.75) is 45.6 Å². The van der Waals surface area contributed by atoms with E-state index in [1.54, 1.807) is 6.07 Å². The molecule has 2 aromatic rings. The van der Waals surface area contributed by atoms with Gasteiger partial charge >= 0.3 is 0 Å². The predicted octanol–water partition coefficient (Wildman–Crippen LogP) is 4.47. The number of nitrogens with zero attached hydrogens (tertiary/aromatic N) is 4. The van der Waals surface area contributed by atoms with Gasteiger partial charge in [-0.15, -0.1) is 24.8 Å². The second-order valence-corrected chi connectivity index (χ2v) is 6.99. The van der Waals surface area contributed by atoms with Crippen molar-refractivity contribution in [2.75, 3.05) is 29.9 Å². The molecule has 1 atom stereocenters. The van der Waals surface area contributed by atoms with Crippen molar-refractivity contribution in [3.05, 3.63) is 41.6 Å². The Labute approximate surface area is 185 Å². The van der Waals surface area contributed by atoms with Gasteiger partial charge in [-0.05, 0) is 44.0 Å². The summed E-state index contributed by atoms with van der Waals surface area (Å²) in [7, 11) is 0. The molecule has 1 aliphatic rings. The molecular weight excluding hydrogens is 407 g/mol. The zero-order valence-electron chi connectivity index (χ0n) is 17.0. The summed E-state index contributed by atoms with van der Waals surface area (Å²) in [6, 6.07) is 12.2. The first kappa shape index (κ1) is 25.0. The van der Waals surface area contributed by atoms with Crippen molar-refractivity contribution in [1.82, 2.24) is 15.3 Å². The van der Waals surface area contributed by atoms with Crippen LogP contribution in [0.1, 0.15) is 44.4 Å². The van der Waals surface area contributed by atoms with Gasteiger partial charge in [-0.2, -0.15) is 10.2 Å². The maximum atomic E-state index is 9.09. The molecule has 0 saturated carbocycles. The maximum absolute atomic E-state index is 9.09. The standard InChI is InChI=1S/C21H28N6.2ClH/c1-3-6-17-13-20(27-11-9-19(15-27)23-10-4-2)26-21(24-17)25-18-8-5-7-16(12-18)14-22;;/h5,7-8,12-13,19,23H,3-4,6,9-11,15H2,1-2H3,(H,24,25,26);2*1H. The third-order valence-electron chi connectivity index (χ3n) is 4.71. The second-order valence-electron chi connectivity index (χ2n) is 6.99. The van der Waals surface area contributed by atoms with Crippen molar-refractivity contribution in [3.63, 3.8) is 0 Å². The van der Waals surface area contributed by atoms with Crippen LogP contribution in [0.25, 0.3) is 0 Å². The molecule has 1 fully saturated rings. The lowest BCUT2D eigenvalue weighted by molar-refractivity contribution is 0.549. The number of aryl methyl sites for hydroxylation is 1. The van der Waals surface area contributed by atoms with Crippen LogP contribution in [0.15, 0.2) is 30.3 Å². The predicted molar refractivity (Wildman–Crippen MR) is 124 cm³/mol. The topological polar surface area (TPSA) is 76.9 Å². The lowest BCUT2D eigenvalue weighted by atomic mass is 10.2. The summed E-state index contributed by atoms with van der Waals surface area (Å²) in [4.78, 5) is 11.8. The molecule has 158 valence electrons. The minimum absolute atomic E-state index is 0. The van der Waals surface area contributed by atoms with Crippen LogP contribution in [0.4, 0.5) is 17.5 Å². The number of benzene rings is 1. The Bertz CT molecular complexity index is 808. The Morgan fingerprint density at radius 1 is 1.17 bits per heavy atom. The number of anilines is 3. The zero-order chi connectivity index (χ0) is 19.1. The van der Waals surface area contributed by atoms with E-state index in [1.807, 2.05) is 18.2 Å². The first-order chi connectivity index (χ1) is 13.2. The molecule has 0 bridgehead atoms. The average molecular weight is 437 g/mol. The molecule has 1 aromatic carbocycles. The molecule has 0 spiro atoms. The van der Waals surface area contributed by atoms with Crippen LogP contribution in [0.2, 0.25) is 0 Å². The molecule has 1 aliphatic heterocycles. The number of hydrogen-bond donors (Lipinski definition) is 2. The second kappa shape index (κ2) is 12.5. The van der Waals surface area contributed by atoms with Crippen LogP contribution in [0, 0.1) is 11.3 Å². The van der Waals surface area contributed by atoms with E-state index in [1.165, 1.54) is 0 Å². The largest absolute Gasteiger partial charge is 0.355 e. The summed E-state index contributed by atoms with van der Waals surface area (Å²) in [6.07, 6.45) is 4.26. The summed E-state index contributed by atoms with van der Waals surface area (Å²) in [5.41, 5.74) is 2.50. The molecule has 1 saturated heterocycles. The van der Waals surface area contributed by atoms with Gasteiger partial charge in [0.05, 0.1) is 11.6 Å². The molecule has 1 aromatic heterocycles. The Hall–Kier alpha value is -2.07. The normalized spacial score (nSPS) is 15.2. The monoisotopic (exact) mass is 436 g/mol. The van der Waals surface area contributed by atoms with Crippen LogP contribution in [0.3, 0.4) is 0 Å². The number of halogens is 2. The Morgan fingerprint density at radius 2 is 2.00 bits per heavy atom. The van der Waals surface area contributed by atoms with Crippen molar-refractivity contribution in [3.8, 4) is 6.07 Å². The number of nitrogens with one attached hydrogen (secondary N) is 2. The molecule has 0 amide bonds. The van der Waals surface area contributed by atoms with E-state index in [-0.39, 0.29) is 24.8 Å². The van der Waals surface area contributed by atoms with Crippen molar-refractivity contribution in [1.29, 1.82) is 5.26 Å². The number of nitriles is 1. The maximum Gasteiger partial charge on any atom is 0.229 e. The Morgan fingerprint density at radius 3 is 2.72 bits per heavy atom. The zero-order valence-corrected chi connectivity index (χ0v) is 18.7. The third kappa shape index (κ3) is 7.04. The van der Waals surface area contributed by atoms with Crippen molar-refractivity contribution in [2.24, 2.45) is 0 Å². The molecule has 6 nitrogen and oxygen atoms in total. The third-order valence-corrected chi connectivity index (χ3v) is 4.71. The highest BCUT2D eigenvalue weighted by molar-refractivity contribution is 5.85. The van der Waals surface area contributed by atoms with E-state index >= 15 is 0 Å². The molecule has 2 N–H and O–H groups in total. The van der Waals surface area contributed by atoms with Crippen LogP contribution in [0.5, 0.6) is 0 Å². The molecule has 0 aliphatic carbocycles. The van der Waals surface area contributed by atoms with E-state index in [0.29, 0.717) is 17.6 Å². The van der Waals surface area contributed by atoms with E-state index < -0.39 is 0 Å². The van der Waals surface area contributed by atoms with E-state index in [0.717, 1.165) is 62.5 Å². The summed E-state index contributed by atoms with van der Waals surface area (Å²) in [6.45, 7) is 7.40. The van der Waals surface area contributed by atoms with Gasteiger partial charge < -0.3 is 15.5 Å². The molecule has 0 radical (unpaired) electrons. The SMILES string of the molecule is CCCNC1CCN(c2cc(CCC)nc(Nc3cccc(C#N)c3)n2)C1.Cl.Cl. The summed E-state index contributed by atoms with van der Waals surface area (Å²) < 4.78 is 0. The summed E-state index contributed by atoms with van der Waals surface area (Å²) in [5.74, 6) is 1.57. The lowest BCUT2D eigenvalue weighted by Gasteiger charge is -2.20. The van der Waals surface area contributed by atoms with Crippen LogP contribution in [-0.2, 0) is 6.42 Å². The quantitative estimate of drug-likeness (QED) is 0.635. The fourth-order valence-electron chi connectivity index (χ4n) is 3.36. The smallest absolute Gasteiger partial charge is 0.229 e. The van der Waals surface area contributed by atoms with Gasteiger partial charge in [0.15, 0.2) is 0 Å². The van der Waals surface area contributed by atoms with Crippen LogP contribution < -0.4 is 15.5 Å². The molecule has 3 rings (SSSR count). The fourth-order valence-corrected chi connectivity index (χ4v) is 3.36. The highest BCUT2D eigenvalue weighted by Crippen LogP contribution is 2.23. The van der Waals surface area contributed by atoms with Crippen molar-refractivity contribution < 1.29 is 0 Å². The summed E-state index contributed by atoms with van der Waals surface area (Å²) >= 11 is 0. The van der Waals surface area contributed by atoms with Crippen LogP contribution >= 0.6 is 24.8 Å². The number of rotatable bonds is 8. The minimum Gasteiger partial charge on any atom is -0.355 e. The Kier molecular flexibility index (Phi) is 10.7. The highest BCUT2D eigenvalue weighted by Gasteiger charge is 2.23. The van der Waals surface area contributed by atoms with Gasteiger partial charge in [0.25, 0.3) is 0 Å². The first-order valence-corrected chi connectivity index (χ1v) is 9.85. The van der Waals surface area contributed by atoms with Gasteiger partial charge in [-0.25, -0.2) is 4.98 Å². The first-order valence-electron chi connectivity index (χ1n) is 9.85. The van der Waals surface area contributed by atoms with Gasteiger partial charge in [0, 0.05) is 36.6 Å². The molecular formula is C21H30Cl2N6. The van der Waals surface area contributed by atoms with Gasteiger partial charge in [-0.3, -0.25) is 0 Å². The molecule has 1 unspecified atom stereocenters. The summed E-state index contributed by atoms with van der Waals surface area (Å²) in [5, 5.41) is 16.0. The van der Waals surface area contributed by atoms with Crippen LogP contribution in [-0.4, -0.2) is 35.6 Å². The fraction of sp³-hybridized carbons (Fsp3) is 0.476. The van der Waals surface area contributed by atoms with E-state index in [9.17, 15) is 0 Å². The average Bonchev–Trinajstić information content (AvgIpc) is 3.15. The number of aromatic nitrogens is 2. The highest BCUT2D eigenvalue weighted by atomic mass is 35.5. The molecule has 2 heterocycles. The number of hydrogen-bond acceptors (Lipinski definition) is 6. The van der Waals surface area contributed by atoms with Gasteiger partial charge in [0.2, 0.25) is 5.95 Å². The van der Waals surface area contributed by atoms with Crippen molar-refractivity contribution >= 4 is 42.3 Å². The Balaban J connectivity index is 0.00000210. The molecule has 29 heavy (non-hydrogen) atoms. The molecule has 8 heteroatoms. The van der Waals surface area contributed by atoms with E-state index in [4.69, 9.17) is 10.2 Å². The minimum atomic E-state index is 0. The lowest BCUT2D eigenvalue weighted by Crippen LogP contribution is -2.33. The van der Waals surface area contributed by atoms with Gasteiger partial charge in [0.1, 0.15) is 5.82 Å².